The van der Waals surface area contributed by atoms with Gasteiger partial charge in [0.05, 0.1) is 5.02 Å². The monoisotopic (exact) mass is 355 g/mol. The predicted octanol–water partition coefficient (Wildman–Crippen LogP) is 5.18. The third kappa shape index (κ3) is 4.14. The first-order valence-corrected chi connectivity index (χ1v) is 7.96. The maximum absolute atomic E-state index is 13.2. The molecule has 4 nitrogen and oxygen atoms in total. The van der Waals surface area contributed by atoms with E-state index in [4.69, 9.17) is 11.6 Å². The number of hydrogen-bond donors (Lipinski definition) is 2. The molecule has 2 aromatic carbocycles. The van der Waals surface area contributed by atoms with Crippen molar-refractivity contribution in [1.82, 2.24) is 4.98 Å². The molecule has 0 saturated heterocycles. The van der Waals surface area contributed by atoms with Crippen LogP contribution in [-0.2, 0) is 0 Å². The number of amides is 1. The summed E-state index contributed by atoms with van der Waals surface area (Å²) in [5.41, 5.74) is 3.41. The Morgan fingerprint density at radius 3 is 2.64 bits per heavy atom. The molecule has 25 heavy (non-hydrogen) atoms. The van der Waals surface area contributed by atoms with Gasteiger partial charge >= 0.3 is 0 Å². The average Bonchev–Trinajstić information content (AvgIpc) is 2.60. The maximum atomic E-state index is 13.2. The van der Waals surface area contributed by atoms with Crippen molar-refractivity contribution in [3.8, 4) is 0 Å². The van der Waals surface area contributed by atoms with E-state index in [1.165, 1.54) is 18.2 Å². The Bertz CT molecular complexity index is 930. The molecule has 0 bridgehead atoms. The minimum Gasteiger partial charge on any atom is -0.355 e. The zero-order valence-corrected chi connectivity index (χ0v) is 14.1. The molecule has 0 fully saturated rings. The van der Waals surface area contributed by atoms with Crippen molar-refractivity contribution in [2.24, 2.45) is 0 Å². The van der Waals surface area contributed by atoms with Gasteiger partial charge < -0.3 is 10.6 Å². The third-order valence-corrected chi connectivity index (χ3v) is 3.88. The summed E-state index contributed by atoms with van der Waals surface area (Å²) in [5, 5.41) is 5.85. The van der Waals surface area contributed by atoms with Crippen LogP contribution in [0.1, 0.15) is 16.1 Å². The lowest BCUT2D eigenvalue weighted by atomic mass is 10.2. The van der Waals surface area contributed by atoms with Gasteiger partial charge in [-0.05, 0) is 48.9 Å². The first kappa shape index (κ1) is 16.9. The van der Waals surface area contributed by atoms with E-state index < -0.39 is 11.7 Å². The molecule has 0 unspecified atom stereocenters. The van der Waals surface area contributed by atoms with Gasteiger partial charge in [0.25, 0.3) is 5.91 Å². The summed E-state index contributed by atoms with van der Waals surface area (Å²) in [6.07, 6.45) is 1.55. The maximum Gasteiger partial charge on any atom is 0.274 e. The topological polar surface area (TPSA) is 54.0 Å². The van der Waals surface area contributed by atoms with Crippen LogP contribution in [0.3, 0.4) is 0 Å². The van der Waals surface area contributed by atoms with Crippen LogP contribution in [0.25, 0.3) is 0 Å². The molecule has 6 heteroatoms. The first-order valence-electron chi connectivity index (χ1n) is 7.58. The van der Waals surface area contributed by atoms with Crippen LogP contribution in [0, 0.1) is 12.7 Å². The number of carbonyl (C=O) groups is 1. The number of rotatable bonds is 4. The van der Waals surface area contributed by atoms with E-state index >= 15 is 0 Å². The van der Waals surface area contributed by atoms with Crippen LogP contribution in [0.15, 0.2) is 60.8 Å². The molecule has 0 saturated carbocycles. The van der Waals surface area contributed by atoms with Gasteiger partial charge in [0, 0.05) is 23.3 Å². The zero-order valence-electron chi connectivity index (χ0n) is 13.4. The number of nitrogens with zero attached hydrogens (tertiary/aromatic N) is 1. The minimum atomic E-state index is -0.540. The largest absolute Gasteiger partial charge is 0.355 e. The SMILES string of the molecule is Cc1ccccc1Nc1ccnc(C(=O)Nc2ccc(F)c(Cl)c2)c1. The Hall–Kier alpha value is -2.92. The molecule has 2 N–H and O–H groups in total. The molecule has 3 rings (SSSR count). The second kappa shape index (κ2) is 7.32. The summed E-state index contributed by atoms with van der Waals surface area (Å²) in [6.45, 7) is 2.00. The van der Waals surface area contributed by atoms with Crippen molar-refractivity contribution >= 4 is 34.6 Å². The number of benzene rings is 2. The van der Waals surface area contributed by atoms with E-state index in [9.17, 15) is 9.18 Å². The number of hydrogen-bond acceptors (Lipinski definition) is 3. The fraction of sp³-hybridized carbons (Fsp3) is 0.0526. The summed E-state index contributed by atoms with van der Waals surface area (Å²) < 4.78 is 13.2. The van der Waals surface area contributed by atoms with E-state index in [1.54, 1.807) is 18.3 Å². The van der Waals surface area contributed by atoms with Gasteiger partial charge in [-0.25, -0.2) is 4.39 Å². The van der Waals surface area contributed by atoms with E-state index in [0.717, 1.165) is 16.9 Å². The van der Waals surface area contributed by atoms with Gasteiger partial charge in [0.2, 0.25) is 0 Å². The molecule has 0 spiro atoms. The zero-order chi connectivity index (χ0) is 17.8. The average molecular weight is 356 g/mol. The highest BCUT2D eigenvalue weighted by atomic mass is 35.5. The Balaban J connectivity index is 1.77. The van der Waals surface area contributed by atoms with Crippen LogP contribution >= 0.6 is 11.6 Å². The normalized spacial score (nSPS) is 10.4. The number of carbonyl (C=O) groups excluding carboxylic acids is 1. The van der Waals surface area contributed by atoms with Crippen molar-refractivity contribution < 1.29 is 9.18 Å². The van der Waals surface area contributed by atoms with Gasteiger partial charge in [0.1, 0.15) is 11.5 Å². The molecule has 0 aliphatic carbocycles. The van der Waals surface area contributed by atoms with Gasteiger partial charge in [-0.2, -0.15) is 0 Å². The lowest BCUT2D eigenvalue weighted by Gasteiger charge is -2.10. The molecule has 1 aromatic heterocycles. The number of aromatic nitrogens is 1. The smallest absolute Gasteiger partial charge is 0.274 e. The Morgan fingerprint density at radius 2 is 1.88 bits per heavy atom. The summed E-state index contributed by atoms with van der Waals surface area (Å²) in [7, 11) is 0. The molecule has 0 atom stereocenters. The van der Waals surface area contributed by atoms with E-state index in [-0.39, 0.29) is 10.7 Å². The quantitative estimate of drug-likeness (QED) is 0.678. The molecule has 0 aliphatic heterocycles. The summed E-state index contributed by atoms with van der Waals surface area (Å²) in [4.78, 5) is 16.4. The number of halogens is 2. The highest BCUT2D eigenvalue weighted by Crippen LogP contribution is 2.22. The fourth-order valence-electron chi connectivity index (χ4n) is 2.27. The Morgan fingerprint density at radius 1 is 1.08 bits per heavy atom. The lowest BCUT2D eigenvalue weighted by Crippen LogP contribution is -2.14. The van der Waals surface area contributed by atoms with Crippen molar-refractivity contribution in [3.63, 3.8) is 0 Å². The molecule has 126 valence electrons. The standard InChI is InChI=1S/C19H15ClFN3O/c1-12-4-2-3-5-17(12)23-14-8-9-22-18(11-14)19(25)24-13-6-7-16(21)15(20)10-13/h2-11H,1H3,(H,22,23)(H,24,25). The fourth-order valence-corrected chi connectivity index (χ4v) is 2.45. The molecular weight excluding hydrogens is 341 g/mol. The lowest BCUT2D eigenvalue weighted by molar-refractivity contribution is 0.102. The van der Waals surface area contributed by atoms with Crippen molar-refractivity contribution in [2.45, 2.75) is 6.92 Å². The van der Waals surface area contributed by atoms with Gasteiger partial charge in [-0.3, -0.25) is 9.78 Å². The minimum absolute atomic E-state index is 0.0549. The molecule has 1 amide bonds. The molecule has 1 heterocycles. The number of para-hydroxylation sites is 1. The molecule has 0 aliphatic rings. The van der Waals surface area contributed by atoms with E-state index in [0.29, 0.717) is 5.69 Å². The van der Waals surface area contributed by atoms with Crippen LogP contribution in [0.5, 0.6) is 0 Å². The van der Waals surface area contributed by atoms with Gasteiger partial charge in [0.15, 0.2) is 0 Å². The van der Waals surface area contributed by atoms with Gasteiger partial charge in [-0.15, -0.1) is 0 Å². The van der Waals surface area contributed by atoms with Crippen molar-refractivity contribution in [2.75, 3.05) is 10.6 Å². The highest BCUT2D eigenvalue weighted by molar-refractivity contribution is 6.31. The van der Waals surface area contributed by atoms with Crippen LogP contribution in [0.4, 0.5) is 21.5 Å². The third-order valence-electron chi connectivity index (χ3n) is 3.59. The number of aryl methyl sites for hydroxylation is 1. The Labute approximate surface area is 149 Å². The molecule has 3 aromatic rings. The first-order chi connectivity index (χ1) is 12.0. The highest BCUT2D eigenvalue weighted by Gasteiger charge is 2.10. The molecular formula is C19H15ClFN3O. The van der Waals surface area contributed by atoms with Crippen LogP contribution < -0.4 is 10.6 Å². The van der Waals surface area contributed by atoms with Crippen molar-refractivity contribution in [3.05, 3.63) is 82.9 Å². The van der Waals surface area contributed by atoms with Crippen LogP contribution in [0.2, 0.25) is 5.02 Å². The van der Waals surface area contributed by atoms with Gasteiger partial charge in [-0.1, -0.05) is 29.8 Å². The van der Waals surface area contributed by atoms with Crippen LogP contribution in [-0.4, -0.2) is 10.9 Å². The predicted molar refractivity (Wildman–Crippen MR) is 98.1 cm³/mol. The number of nitrogens with one attached hydrogen (secondary N) is 2. The summed E-state index contributed by atoms with van der Waals surface area (Å²) in [6, 6.07) is 15.2. The summed E-state index contributed by atoms with van der Waals surface area (Å²) >= 11 is 5.72. The Kier molecular flexibility index (Phi) is 4.95. The van der Waals surface area contributed by atoms with E-state index in [1.807, 2.05) is 31.2 Å². The summed E-state index contributed by atoms with van der Waals surface area (Å²) in [5.74, 6) is -0.946. The second-order valence-electron chi connectivity index (χ2n) is 5.45. The van der Waals surface area contributed by atoms with Crippen molar-refractivity contribution in [1.29, 1.82) is 0 Å². The number of pyridine rings is 1. The second-order valence-corrected chi connectivity index (χ2v) is 5.86. The number of anilines is 3. The molecule has 0 radical (unpaired) electrons. The van der Waals surface area contributed by atoms with E-state index in [2.05, 4.69) is 15.6 Å².